The van der Waals surface area contributed by atoms with E-state index < -0.39 is 0 Å². The maximum atomic E-state index is 6.50. The molecular formula is C6H7CoN6Na. The van der Waals surface area contributed by atoms with E-state index >= 15 is 0 Å². The minimum atomic E-state index is 0. The first-order valence-electron chi connectivity index (χ1n) is 1.55. The van der Waals surface area contributed by atoms with Gasteiger partial charge in [0.15, 0.2) is 0 Å². The van der Waals surface area contributed by atoms with E-state index in [1.165, 1.54) is 0 Å². The van der Waals surface area contributed by atoms with Gasteiger partial charge in [0, 0.05) is 56.2 Å². The minimum Gasteiger partial charge on any atom is -1.00 e. The molecule has 0 aromatic rings. The zero-order valence-electron chi connectivity index (χ0n) is 8.48. The third-order valence-corrected chi connectivity index (χ3v) is 0. The molecule has 0 atom stereocenters. The zero-order valence-corrected chi connectivity index (χ0v) is 10.5. The van der Waals surface area contributed by atoms with Crippen LogP contribution in [0.5, 0.6) is 0 Å². The molecule has 14 heavy (non-hydrogen) atoms. The summed E-state index contributed by atoms with van der Waals surface area (Å²) in [4.78, 5) is 0. The largest absolute Gasteiger partial charge is 1.00 e. The van der Waals surface area contributed by atoms with E-state index in [1.807, 2.05) is 0 Å². The Hall–Kier alpha value is -1.55. The maximum absolute atomic E-state index is 6.50. The summed E-state index contributed by atoms with van der Waals surface area (Å²) >= 11 is 0. The van der Waals surface area contributed by atoms with E-state index in [0.29, 0.717) is 0 Å². The van der Waals surface area contributed by atoms with Crippen LogP contribution in [0.15, 0.2) is 0 Å². The van der Waals surface area contributed by atoms with Gasteiger partial charge in [-0.25, -0.2) is 31.6 Å². The number of nitriles is 6. The fourth-order valence-electron chi connectivity index (χ4n) is 0. The Kier molecular flexibility index (Phi) is 3050. The van der Waals surface area contributed by atoms with Gasteiger partial charge in [0.05, 0.1) is 0 Å². The van der Waals surface area contributed by atoms with Crippen LogP contribution in [0.1, 0.15) is 1.43 Å². The molecule has 0 saturated heterocycles. The second-order valence-electron chi connectivity index (χ2n) is 0. The molecule has 6 nitrogen and oxygen atoms in total. The Labute approximate surface area is 118 Å². The van der Waals surface area contributed by atoms with Crippen LogP contribution in [0.25, 0.3) is 0 Å². The SMILES string of the molecule is C#N.C#N.C#N.C#N.C#N.C#N.[Co].[H-].[Na+]. The first kappa shape index (κ1) is 82.5. The maximum Gasteiger partial charge on any atom is 1.00 e. The third kappa shape index (κ3) is 386. The molecule has 0 unspecified atom stereocenters. The van der Waals surface area contributed by atoms with Crippen LogP contribution in [0, 0.1) is 71.0 Å². The fraction of sp³-hybridized carbons (Fsp3) is 0. The summed E-state index contributed by atoms with van der Waals surface area (Å²) in [5.74, 6) is 0. The smallest absolute Gasteiger partial charge is 1.00 e. The van der Waals surface area contributed by atoms with Crippen molar-refractivity contribution >= 4 is 0 Å². The molecule has 0 bridgehead atoms. The first-order valence-corrected chi connectivity index (χ1v) is 1.55. The van der Waals surface area contributed by atoms with Crippen LogP contribution >= 0.6 is 0 Å². The van der Waals surface area contributed by atoms with Gasteiger partial charge in [0.1, 0.15) is 0 Å². The van der Waals surface area contributed by atoms with Crippen LogP contribution < -0.4 is 29.6 Å². The van der Waals surface area contributed by atoms with Crippen LogP contribution in [0.4, 0.5) is 0 Å². The van der Waals surface area contributed by atoms with Gasteiger partial charge in [0.25, 0.3) is 0 Å². The molecule has 0 aliphatic heterocycles. The van der Waals surface area contributed by atoms with Gasteiger partial charge in [-0.15, -0.1) is 0 Å². The van der Waals surface area contributed by atoms with Gasteiger partial charge in [-0.05, 0) is 0 Å². The summed E-state index contributed by atoms with van der Waals surface area (Å²) in [6.45, 7) is 21.0. The van der Waals surface area contributed by atoms with Crippen molar-refractivity contribution in [2.24, 2.45) is 0 Å². The van der Waals surface area contributed by atoms with E-state index in [9.17, 15) is 0 Å². The second kappa shape index (κ2) is 518. The summed E-state index contributed by atoms with van der Waals surface area (Å²) in [6, 6.07) is 0. The number of hydrogen-bond donors (Lipinski definition) is 0. The fourth-order valence-corrected chi connectivity index (χ4v) is 0. The molecule has 0 aliphatic rings. The molecule has 0 saturated carbocycles. The Balaban J connectivity index is -0.00000000396. The molecule has 1 radical (unpaired) electrons. The van der Waals surface area contributed by atoms with Gasteiger partial charge >= 0.3 is 29.6 Å². The zero-order chi connectivity index (χ0) is 12.0. The molecular weight excluding hydrogens is 238 g/mol. The van der Waals surface area contributed by atoms with E-state index in [1.54, 1.807) is 0 Å². The van der Waals surface area contributed by atoms with Crippen molar-refractivity contribution in [1.29, 1.82) is 31.6 Å². The second-order valence-corrected chi connectivity index (χ2v) is 0. The standard InChI is InChI=1S/6CHN.Co.Na.H/c6*1-2;;;/h6*1H;;;/q;;;;;;;+1;-1. The van der Waals surface area contributed by atoms with Crippen LogP contribution in [-0.2, 0) is 16.8 Å². The van der Waals surface area contributed by atoms with Crippen molar-refractivity contribution in [2.45, 2.75) is 0 Å². The van der Waals surface area contributed by atoms with Crippen molar-refractivity contribution in [3.8, 4) is 39.4 Å². The summed E-state index contributed by atoms with van der Waals surface area (Å²) < 4.78 is 0. The normalized spacial score (nSPS) is 0.857. The van der Waals surface area contributed by atoms with Crippen LogP contribution in [0.3, 0.4) is 0 Å². The number of rotatable bonds is 0. The Morgan fingerprint density at radius 3 is 0.429 bits per heavy atom. The topological polar surface area (TPSA) is 143 Å². The van der Waals surface area contributed by atoms with Gasteiger partial charge in [-0.3, -0.25) is 0 Å². The molecule has 8 heteroatoms. The Morgan fingerprint density at radius 2 is 0.429 bits per heavy atom. The monoisotopic (exact) mass is 245 g/mol. The summed E-state index contributed by atoms with van der Waals surface area (Å²) in [7, 11) is 0. The van der Waals surface area contributed by atoms with Crippen molar-refractivity contribution in [3.63, 3.8) is 0 Å². The predicted octanol–water partition coefficient (Wildman–Crippen LogP) is -2.05. The molecule has 0 amide bonds. The van der Waals surface area contributed by atoms with E-state index in [-0.39, 0.29) is 47.8 Å². The van der Waals surface area contributed by atoms with Crippen molar-refractivity contribution < 1.29 is 47.8 Å². The molecule has 0 heterocycles. The molecule has 71 valence electrons. The van der Waals surface area contributed by atoms with Crippen molar-refractivity contribution in [2.75, 3.05) is 0 Å². The summed E-state index contributed by atoms with van der Waals surface area (Å²) in [5.41, 5.74) is 0. The van der Waals surface area contributed by atoms with Crippen molar-refractivity contribution in [3.05, 3.63) is 0 Å². The molecule has 0 fully saturated rings. The molecule has 0 rings (SSSR count). The first-order chi connectivity index (χ1) is 6.00. The quantitative estimate of drug-likeness (QED) is 0.449. The minimum absolute atomic E-state index is 0. The van der Waals surface area contributed by atoms with Gasteiger partial charge in [0.2, 0.25) is 0 Å². The third-order valence-electron chi connectivity index (χ3n) is 0. The van der Waals surface area contributed by atoms with Gasteiger partial charge in [-0.1, -0.05) is 0 Å². The van der Waals surface area contributed by atoms with E-state index in [2.05, 4.69) is 39.4 Å². The van der Waals surface area contributed by atoms with Crippen LogP contribution in [0.2, 0.25) is 0 Å². The van der Waals surface area contributed by atoms with Gasteiger partial charge in [-0.2, -0.15) is 0 Å². The van der Waals surface area contributed by atoms with E-state index in [4.69, 9.17) is 31.6 Å². The molecule has 0 N–H and O–H groups in total. The molecule has 0 spiro atoms. The average Bonchev–Trinajstić information content (AvgIpc) is 2.33. The average molecular weight is 245 g/mol. The Morgan fingerprint density at radius 1 is 0.429 bits per heavy atom. The molecule has 0 aliphatic carbocycles. The predicted molar refractivity (Wildman–Crippen MR) is 41.1 cm³/mol. The number of nitrogens with zero attached hydrogens (tertiary/aromatic N) is 6. The number of hydrogen-bond acceptors (Lipinski definition) is 6. The Bertz CT molecular complexity index is 103. The summed E-state index contributed by atoms with van der Waals surface area (Å²) in [6.07, 6.45) is 0. The molecule has 0 aromatic heterocycles. The van der Waals surface area contributed by atoms with Gasteiger partial charge < -0.3 is 1.43 Å². The van der Waals surface area contributed by atoms with Crippen molar-refractivity contribution in [1.82, 2.24) is 0 Å². The molecule has 0 aromatic carbocycles. The van der Waals surface area contributed by atoms with E-state index in [0.717, 1.165) is 0 Å². The van der Waals surface area contributed by atoms with Crippen LogP contribution in [-0.4, -0.2) is 0 Å². The summed E-state index contributed by atoms with van der Waals surface area (Å²) in [5, 5.41) is 39.0.